The zero-order valence-electron chi connectivity index (χ0n) is 24.0. The van der Waals surface area contributed by atoms with Crippen LogP contribution in [0.4, 0.5) is 0 Å². The summed E-state index contributed by atoms with van der Waals surface area (Å²) in [7, 11) is 0. The molecule has 0 amide bonds. The SMILES string of the molecule is C=CCOC(=O)CC[C@@H](C)[C@H]1CC[C@H]2[C@@H]3[C@H](O)CC4C[C@H](OCCCCC)CC[C@]4(C)[C@H]3C[C@H](O)[C@]12C. The smallest absolute Gasteiger partial charge is 0.306 e. The minimum Gasteiger partial charge on any atom is -0.461 e. The number of esters is 1. The summed E-state index contributed by atoms with van der Waals surface area (Å²) in [6.45, 7) is 14.0. The second-order valence-electron chi connectivity index (χ2n) is 13.6. The minimum atomic E-state index is -0.354. The molecule has 0 saturated heterocycles. The van der Waals surface area contributed by atoms with E-state index < -0.39 is 0 Å². The van der Waals surface area contributed by atoms with Crippen LogP contribution in [0.1, 0.15) is 105 Å². The van der Waals surface area contributed by atoms with Gasteiger partial charge in [0, 0.05) is 13.0 Å². The number of carbonyl (C=O) groups is 1. The average molecular weight is 519 g/mol. The van der Waals surface area contributed by atoms with E-state index in [-0.39, 0.29) is 41.5 Å². The van der Waals surface area contributed by atoms with Crippen molar-refractivity contribution in [2.75, 3.05) is 13.2 Å². The Kier molecular flexibility index (Phi) is 9.50. The summed E-state index contributed by atoms with van der Waals surface area (Å²) in [5.74, 6) is 2.00. The second-order valence-corrected chi connectivity index (χ2v) is 13.6. The molecule has 4 aliphatic rings. The fourth-order valence-electron chi connectivity index (χ4n) is 9.64. The summed E-state index contributed by atoms with van der Waals surface area (Å²) < 4.78 is 11.5. The molecule has 0 spiro atoms. The van der Waals surface area contributed by atoms with Gasteiger partial charge >= 0.3 is 5.97 Å². The van der Waals surface area contributed by atoms with Crippen LogP contribution in [0.15, 0.2) is 12.7 Å². The van der Waals surface area contributed by atoms with Gasteiger partial charge in [0.05, 0.1) is 18.3 Å². The molecule has 5 heteroatoms. The van der Waals surface area contributed by atoms with Crippen LogP contribution < -0.4 is 0 Å². The Balaban J connectivity index is 1.44. The third-order valence-electron chi connectivity index (χ3n) is 11.8. The molecule has 2 N–H and O–H groups in total. The molecule has 4 rings (SSSR count). The van der Waals surface area contributed by atoms with Crippen LogP contribution in [0.3, 0.4) is 0 Å². The van der Waals surface area contributed by atoms with Crippen molar-refractivity contribution in [3.63, 3.8) is 0 Å². The Morgan fingerprint density at radius 3 is 2.62 bits per heavy atom. The van der Waals surface area contributed by atoms with Crippen molar-refractivity contribution in [1.82, 2.24) is 0 Å². The number of unbranched alkanes of at least 4 members (excludes halogenated alkanes) is 2. The van der Waals surface area contributed by atoms with Crippen LogP contribution in [0.25, 0.3) is 0 Å². The number of carbonyl (C=O) groups excluding carboxylic acids is 1. The van der Waals surface area contributed by atoms with Gasteiger partial charge in [-0.3, -0.25) is 4.79 Å². The van der Waals surface area contributed by atoms with Crippen molar-refractivity contribution in [3.05, 3.63) is 12.7 Å². The molecular formula is C32H54O5. The van der Waals surface area contributed by atoms with Crippen LogP contribution in [0.2, 0.25) is 0 Å². The largest absolute Gasteiger partial charge is 0.461 e. The number of hydrogen-bond donors (Lipinski definition) is 2. The highest BCUT2D eigenvalue weighted by molar-refractivity contribution is 5.69. The van der Waals surface area contributed by atoms with Gasteiger partial charge in [-0.05, 0) is 104 Å². The Morgan fingerprint density at radius 2 is 1.89 bits per heavy atom. The average Bonchev–Trinajstić information content (AvgIpc) is 3.23. The van der Waals surface area contributed by atoms with Gasteiger partial charge in [-0.1, -0.05) is 53.2 Å². The Hall–Kier alpha value is -0.910. The van der Waals surface area contributed by atoms with Crippen LogP contribution in [0, 0.1) is 46.3 Å². The predicted molar refractivity (Wildman–Crippen MR) is 147 cm³/mol. The van der Waals surface area contributed by atoms with E-state index >= 15 is 0 Å². The van der Waals surface area contributed by atoms with Crippen LogP contribution in [-0.2, 0) is 14.3 Å². The molecule has 212 valence electrons. The number of fused-ring (bicyclic) bond motifs is 5. The van der Waals surface area contributed by atoms with Gasteiger partial charge < -0.3 is 19.7 Å². The molecule has 4 aliphatic carbocycles. The van der Waals surface area contributed by atoms with Gasteiger partial charge in [-0.2, -0.15) is 0 Å². The molecule has 0 bridgehead atoms. The van der Waals surface area contributed by atoms with E-state index in [0.717, 1.165) is 64.4 Å². The summed E-state index contributed by atoms with van der Waals surface area (Å²) in [5, 5.41) is 23.4. The number of rotatable bonds is 11. The molecule has 0 aromatic heterocycles. The fraction of sp³-hybridized carbons (Fsp3) is 0.906. The molecular weight excluding hydrogens is 464 g/mol. The standard InChI is InChI=1S/C32H54O5/c1-6-8-9-17-36-23-14-15-31(4)22(18-23)19-27(33)30-25-12-11-24(32(25,5)28(34)20-26(30)31)21(3)10-13-29(35)37-16-7-2/h7,21-28,30,33-34H,2,6,8-20H2,1,3-5H3/t21-,22?,23-,24-,25+,26+,27-,28+,30+,31+,32-/m1/s1. The van der Waals surface area contributed by atoms with Crippen molar-refractivity contribution in [2.45, 2.75) is 123 Å². The lowest BCUT2D eigenvalue weighted by Gasteiger charge is -2.63. The van der Waals surface area contributed by atoms with Crippen molar-refractivity contribution >= 4 is 5.97 Å². The molecule has 1 unspecified atom stereocenters. The molecule has 11 atom stereocenters. The van der Waals surface area contributed by atoms with E-state index in [2.05, 4.69) is 34.3 Å². The maximum absolute atomic E-state index is 12.1. The lowest BCUT2D eigenvalue weighted by atomic mass is 9.43. The number of aliphatic hydroxyl groups excluding tert-OH is 2. The third kappa shape index (κ3) is 5.57. The fourth-order valence-corrected chi connectivity index (χ4v) is 9.64. The Morgan fingerprint density at radius 1 is 1.11 bits per heavy atom. The molecule has 0 aliphatic heterocycles. The van der Waals surface area contributed by atoms with Gasteiger partial charge in [0.15, 0.2) is 0 Å². The Bertz CT molecular complexity index is 783. The molecule has 0 heterocycles. The summed E-state index contributed by atoms with van der Waals surface area (Å²) in [4.78, 5) is 12.1. The first kappa shape index (κ1) is 29.1. The molecule has 5 nitrogen and oxygen atoms in total. The van der Waals surface area contributed by atoms with Crippen LogP contribution in [-0.4, -0.2) is 47.7 Å². The van der Waals surface area contributed by atoms with Crippen molar-refractivity contribution in [1.29, 1.82) is 0 Å². The molecule has 0 aromatic rings. The predicted octanol–water partition coefficient (Wildman–Crippen LogP) is 6.31. The third-order valence-corrected chi connectivity index (χ3v) is 11.8. The summed E-state index contributed by atoms with van der Waals surface area (Å²) >= 11 is 0. The van der Waals surface area contributed by atoms with Gasteiger partial charge in [0.25, 0.3) is 0 Å². The molecule has 4 fully saturated rings. The minimum absolute atomic E-state index is 0.165. The lowest BCUT2D eigenvalue weighted by Crippen LogP contribution is -2.62. The molecule has 37 heavy (non-hydrogen) atoms. The van der Waals surface area contributed by atoms with E-state index in [4.69, 9.17) is 9.47 Å². The maximum Gasteiger partial charge on any atom is 0.306 e. The van der Waals surface area contributed by atoms with E-state index in [1.807, 2.05) is 0 Å². The number of ether oxygens (including phenoxy) is 2. The lowest BCUT2D eigenvalue weighted by molar-refractivity contribution is -0.209. The second kappa shape index (κ2) is 12.1. The topological polar surface area (TPSA) is 76.0 Å². The van der Waals surface area contributed by atoms with E-state index in [1.54, 1.807) is 6.08 Å². The van der Waals surface area contributed by atoms with E-state index in [9.17, 15) is 15.0 Å². The van der Waals surface area contributed by atoms with Crippen molar-refractivity contribution < 1.29 is 24.5 Å². The monoisotopic (exact) mass is 518 g/mol. The Labute approximate surface area is 225 Å². The van der Waals surface area contributed by atoms with Crippen LogP contribution in [0.5, 0.6) is 0 Å². The first-order valence-corrected chi connectivity index (χ1v) is 15.4. The molecule has 0 aromatic carbocycles. The number of hydrogen-bond acceptors (Lipinski definition) is 5. The highest BCUT2D eigenvalue weighted by Gasteiger charge is 2.65. The summed E-state index contributed by atoms with van der Waals surface area (Å²) in [6, 6.07) is 0. The van der Waals surface area contributed by atoms with Crippen LogP contribution >= 0.6 is 0 Å². The normalized spacial score (nSPS) is 43.8. The van der Waals surface area contributed by atoms with E-state index in [0.29, 0.717) is 42.1 Å². The maximum atomic E-state index is 12.1. The van der Waals surface area contributed by atoms with E-state index in [1.165, 1.54) is 12.8 Å². The van der Waals surface area contributed by atoms with Gasteiger partial charge in [-0.25, -0.2) is 0 Å². The van der Waals surface area contributed by atoms with Gasteiger partial charge in [0.1, 0.15) is 6.61 Å². The zero-order chi connectivity index (χ0) is 26.8. The zero-order valence-corrected chi connectivity index (χ0v) is 24.0. The highest BCUT2D eigenvalue weighted by atomic mass is 16.5. The first-order chi connectivity index (χ1) is 17.7. The quantitative estimate of drug-likeness (QED) is 0.190. The highest BCUT2D eigenvalue weighted by Crippen LogP contribution is 2.68. The van der Waals surface area contributed by atoms with Crippen molar-refractivity contribution in [2.24, 2.45) is 46.3 Å². The van der Waals surface area contributed by atoms with Gasteiger partial charge in [0.2, 0.25) is 0 Å². The molecule has 0 radical (unpaired) electrons. The van der Waals surface area contributed by atoms with Crippen molar-refractivity contribution in [3.8, 4) is 0 Å². The number of aliphatic hydroxyl groups is 2. The summed E-state index contributed by atoms with van der Waals surface area (Å²) in [5.41, 5.74) is -0.0243. The first-order valence-electron chi connectivity index (χ1n) is 15.4. The molecule has 4 saturated carbocycles. The summed E-state index contributed by atoms with van der Waals surface area (Å²) in [6.07, 6.45) is 13.2. The van der Waals surface area contributed by atoms with Gasteiger partial charge in [-0.15, -0.1) is 0 Å².